The van der Waals surface area contributed by atoms with Crippen LogP contribution in [0.1, 0.15) is 17.3 Å². The molecule has 1 nitrogen and oxygen atoms in total. The van der Waals surface area contributed by atoms with E-state index in [1.54, 1.807) is 7.11 Å². The SMILES string of the molecule is COc1ccccc1[Se]C(C)c1ccccc1. The van der Waals surface area contributed by atoms with Gasteiger partial charge in [-0.2, -0.15) is 0 Å². The summed E-state index contributed by atoms with van der Waals surface area (Å²) in [6, 6.07) is 19.0. The average Bonchev–Trinajstić information content (AvgIpc) is 2.40. The molecule has 0 bridgehead atoms. The molecule has 0 amide bonds. The van der Waals surface area contributed by atoms with Crippen LogP contribution in [0.5, 0.6) is 5.75 Å². The number of rotatable bonds is 4. The molecule has 2 aromatic rings. The summed E-state index contributed by atoms with van der Waals surface area (Å²) < 4.78 is 6.73. The number of ether oxygens (including phenoxy) is 1. The van der Waals surface area contributed by atoms with Crippen molar-refractivity contribution in [2.75, 3.05) is 7.11 Å². The van der Waals surface area contributed by atoms with E-state index in [4.69, 9.17) is 4.74 Å². The van der Waals surface area contributed by atoms with Gasteiger partial charge in [-0.05, 0) is 0 Å². The maximum absolute atomic E-state index is 5.40. The molecule has 88 valence electrons. The Balaban J connectivity index is 2.16. The summed E-state index contributed by atoms with van der Waals surface area (Å²) in [5, 5.41) is 0. The minimum absolute atomic E-state index is 0.397. The summed E-state index contributed by atoms with van der Waals surface area (Å²) in [6.45, 7) is 2.28. The van der Waals surface area contributed by atoms with Gasteiger partial charge in [-0.3, -0.25) is 0 Å². The van der Waals surface area contributed by atoms with Crippen molar-refractivity contribution in [2.24, 2.45) is 0 Å². The van der Waals surface area contributed by atoms with E-state index in [0.29, 0.717) is 19.8 Å². The zero-order valence-electron chi connectivity index (χ0n) is 10.1. The second kappa shape index (κ2) is 5.90. The van der Waals surface area contributed by atoms with Gasteiger partial charge in [0.05, 0.1) is 0 Å². The van der Waals surface area contributed by atoms with Gasteiger partial charge in [0.15, 0.2) is 0 Å². The Hall–Kier alpha value is -1.24. The Kier molecular flexibility index (Phi) is 4.24. The summed E-state index contributed by atoms with van der Waals surface area (Å²) in [6.07, 6.45) is 0. The average molecular weight is 291 g/mol. The van der Waals surface area contributed by atoms with Gasteiger partial charge < -0.3 is 0 Å². The third-order valence-electron chi connectivity index (χ3n) is 2.64. The predicted molar refractivity (Wildman–Crippen MR) is 73.2 cm³/mol. The Morgan fingerprint density at radius 3 is 2.29 bits per heavy atom. The first-order valence-electron chi connectivity index (χ1n) is 5.66. The van der Waals surface area contributed by atoms with Crippen LogP contribution in [0, 0.1) is 0 Å². The van der Waals surface area contributed by atoms with Crippen molar-refractivity contribution < 1.29 is 4.74 Å². The molecular formula is C15H16OSe. The molecule has 2 aromatic carbocycles. The van der Waals surface area contributed by atoms with Crippen molar-refractivity contribution in [1.29, 1.82) is 0 Å². The third kappa shape index (κ3) is 3.12. The zero-order valence-corrected chi connectivity index (χ0v) is 11.8. The van der Waals surface area contributed by atoms with Crippen LogP contribution in [0.3, 0.4) is 0 Å². The molecular weight excluding hydrogens is 275 g/mol. The fourth-order valence-electron chi connectivity index (χ4n) is 1.70. The molecule has 0 saturated heterocycles. The number of methoxy groups -OCH3 is 1. The standard InChI is InChI=1S/C15H16OSe/c1-12(13-8-4-3-5-9-13)17-15-11-7-6-10-14(15)16-2/h3-12H,1-2H3. The third-order valence-corrected chi connectivity index (χ3v) is 5.19. The summed E-state index contributed by atoms with van der Waals surface area (Å²) in [4.78, 5) is 0.569. The molecule has 0 radical (unpaired) electrons. The quantitative estimate of drug-likeness (QED) is 0.787. The first-order valence-corrected chi connectivity index (χ1v) is 7.50. The van der Waals surface area contributed by atoms with E-state index >= 15 is 0 Å². The summed E-state index contributed by atoms with van der Waals surface area (Å²) in [7, 11) is 1.74. The van der Waals surface area contributed by atoms with Gasteiger partial charge in [0, 0.05) is 0 Å². The van der Waals surface area contributed by atoms with Crippen LogP contribution < -0.4 is 9.20 Å². The molecule has 0 spiro atoms. The van der Waals surface area contributed by atoms with Gasteiger partial charge in [0.25, 0.3) is 0 Å². The number of benzene rings is 2. The summed E-state index contributed by atoms with van der Waals surface area (Å²) in [5.41, 5.74) is 1.40. The van der Waals surface area contributed by atoms with Crippen molar-refractivity contribution >= 4 is 19.4 Å². The molecule has 2 rings (SSSR count). The summed E-state index contributed by atoms with van der Waals surface area (Å²) in [5.74, 6) is 1.01. The van der Waals surface area contributed by atoms with Crippen molar-refractivity contribution in [1.82, 2.24) is 0 Å². The molecule has 0 aromatic heterocycles. The Morgan fingerprint density at radius 1 is 0.941 bits per heavy atom. The van der Waals surface area contributed by atoms with Crippen LogP contribution in [0.15, 0.2) is 54.6 Å². The van der Waals surface area contributed by atoms with E-state index < -0.39 is 0 Å². The van der Waals surface area contributed by atoms with Gasteiger partial charge in [-0.15, -0.1) is 0 Å². The minimum atomic E-state index is 0.397. The van der Waals surface area contributed by atoms with Gasteiger partial charge in [-0.1, -0.05) is 0 Å². The van der Waals surface area contributed by atoms with E-state index in [1.807, 2.05) is 12.1 Å². The normalized spacial score (nSPS) is 12.1. The van der Waals surface area contributed by atoms with Crippen molar-refractivity contribution in [3.05, 3.63) is 60.2 Å². The number of para-hydroxylation sites is 1. The second-order valence-electron chi connectivity index (χ2n) is 3.82. The van der Waals surface area contributed by atoms with E-state index in [9.17, 15) is 0 Å². The van der Waals surface area contributed by atoms with Gasteiger partial charge in [0.2, 0.25) is 0 Å². The van der Waals surface area contributed by atoms with E-state index in [0.717, 1.165) is 5.75 Å². The molecule has 1 atom stereocenters. The molecule has 0 N–H and O–H groups in total. The Labute approximate surface area is 109 Å². The van der Waals surface area contributed by atoms with Gasteiger partial charge in [-0.25, -0.2) is 0 Å². The zero-order chi connectivity index (χ0) is 12.1. The second-order valence-corrected chi connectivity index (χ2v) is 6.72. The van der Waals surface area contributed by atoms with E-state index in [1.165, 1.54) is 10.0 Å². The molecule has 17 heavy (non-hydrogen) atoms. The van der Waals surface area contributed by atoms with Crippen LogP contribution in [0.2, 0.25) is 0 Å². The monoisotopic (exact) mass is 292 g/mol. The van der Waals surface area contributed by atoms with E-state index in [2.05, 4.69) is 49.4 Å². The van der Waals surface area contributed by atoms with Gasteiger partial charge >= 0.3 is 109 Å². The van der Waals surface area contributed by atoms with Crippen LogP contribution in [0.25, 0.3) is 0 Å². The molecule has 0 aliphatic carbocycles. The molecule has 0 aliphatic rings. The van der Waals surface area contributed by atoms with Crippen molar-refractivity contribution in [3.8, 4) is 5.75 Å². The molecule has 1 unspecified atom stereocenters. The van der Waals surface area contributed by atoms with Crippen molar-refractivity contribution in [3.63, 3.8) is 0 Å². The Bertz CT molecular complexity index is 467. The number of hydrogen-bond donors (Lipinski definition) is 0. The van der Waals surface area contributed by atoms with Crippen LogP contribution in [-0.2, 0) is 0 Å². The van der Waals surface area contributed by atoms with Crippen LogP contribution >= 0.6 is 0 Å². The molecule has 2 heteroatoms. The first-order chi connectivity index (χ1) is 8.31. The maximum atomic E-state index is 5.40. The molecule has 0 saturated carbocycles. The Morgan fingerprint density at radius 2 is 1.59 bits per heavy atom. The molecule has 0 aliphatic heterocycles. The van der Waals surface area contributed by atoms with Crippen LogP contribution in [0.4, 0.5) is 0 Å². The molecule has 0 fully saturated rings. The topological polar surface area (TPSA) is 9.23 Å². The fraction of sp³-hybridized carbons (Fsp3) is 0.200. The number of hydrogen-bond acceptors (Lipinski definition) is 1. The van der Waals surface area contributed by atoms with Gasteiger partial charge in [0.1, 0.15) is 0 Å². The fourth-order valence-corrected chi connectivity index (χ4v) is 4.00. The predicted octanol–water partition coefficient (Wildman–Crippen LogP) is 2.79. The molecule has 0 heterocycles. The first kappa shape index (κ1) is 12.2. The van der Waals surface area contributed by atoms with E-state index in [-0.39, 0.29) is 0 Å². The van der Waals surface area contributed by atoms with Crippen molar-refractivity contribution in [2.45, 2.75) is 11.7 Å². The van der Waals surface area contributed by atoms with Crippen LogP contribution in [-0.4, -0.2) is 22.1 Å². The summed E-state index contributed by atoms with van der Waals surface area (Å²) >= 11 is 0.397.